The van der Waals surface area contributed by atoms with Crippen LogP contribution in [0.5, 0.6) is 0 Å². The van der Waals surface area contributed by atoms with Crippen molar-refractivity contribution in [3.63, 3.8) is 0 Å². The second kappa shape index (κ2) is 9.74. The van der Waals surface area contributed by atoms with Gasteiger partial charge in [0.25, 0.3) is 5.91 Å². The smallest absolute Gasteiger partial charge is 0.273 e. The van der Waals surface area contributed by atoms with E-state index in [-0.39, 0.29) is 41.7 Å². The highest BCUT2D eigenvalue weighted by Gasteiger charge is 2.49. The van der Waals surface area contributed by atoms with E-state index < -0.39 is 11.4 Å². The Kier molecular flexibility index (Phi) is 6.93. The average Bonchev–Trinajstić information content (AvgIpc) is 3.08. The van der Waals surface area contributed by atoms with Crippen LogP contribution in [0.4, 0.5) is 10.1 Å². The fourth-order valence-electron chi connectivity index (χ4n) is 5.26. The number of halogens is 1. The topological polar surface area (TPSA) is 92.7 Å². The number of anilines is 1. The lowest BCUT2D eigenvalue weighted by atomic mass is 9.91. The minimum Gasteiger partial charge on any atom is -0.385 e. The molecule has 3 amide bonds. The van der Waals surface area contributed by atoms with E-state index >= 15 is 0 Å². The van der Waals surface area contributed by atoms with Gasteiger partial charge in [-0.2, -0.15) is 0 Å². The summed E-state index contributed by atoms with van der Waals surface area (Å²) in [7, 11) is 1.59. The molecule has 2 aromatic rings. The van der Waals surface area contributed by atoms with Gasteiger partial charge in [-0.3, -0.25) is 14.4 Å². The predicted octanol–water partition coefficient (Wildman–Crippen LogP) is 3.44. The summed E-state index contributed by atoms with van der Waals surface area (Å²) in [5, 5.41) is 6.35. The molecule has 34 heavy (non-hydrogen) atoms. The van der Waals surface area contributed by atoms with Crippen molar-refractivity contribution in [3.8, 4) is 0 Å². The van der Waals surface area contributed by atoms with Gasteiger partial charge in [-0.15, -0.1) is 0 Å². The first-order valence-corrected chi connectivity index (χ1v) is 12.0. The molecule has 1 aromatic carbocycles. The van der Waals surface area contributed by atoms with Crippen molar-refractivity contribution in [1.82, 2.24) is 14.8 Å². The van der Waals surface area contributed by atoms with Crippen LogP contribution in [0.15, 0.2) is 18.2 Å². The summed E-state index contributed by atoms with van der Waals surface area (Å²) in [5.74, 6) is -1.39. The van der Waals surface area contributed by atoms with Crippen LogP contribution in [-0.4, -0.2) is 59.0 Å². The lowest BCUT2D eigenvalue weighted by molar-refractivity contribution is -0.134. The third-order valence-electron chi connectivity index (χ3n) is 7.00. The van der Waals surface area contributed by atoms with Gasteiger partial charge in [-0.1, -0.05) is 19.3 Å². The summed E-state index contributed by atoms with van der Waals surface area (Å²) in [6.45, 7) is 4.08. The minimum atomic E-state index is -1.15. The molecule has 0 bridgehead atoms. The molecular weight excluding hydrogens is 439 g/mol. The third kappa shape index (κ3) is 4.41. The van der Waals surface area contributed by atoms with E-state index in [4.69, 9.17) is 4.74 Å². The van der Waals surface area contributed by atoms with Crippen LogP contribution in [0.25, 0.3) is 10.9 Å². The van der Waals surface area contributed by atoms with Crippen LogP contribution in [0.2, 0.25) is 0 Å². The number of benzene rings is 1. The Bertz CT molecular complexity index is 1110. The third-order valence-corrected chi connectivity index (χ3v) is 7.00. The zero-order valence-electron chi connectivity index (χ0n) is 20.1. The first kappa shape index (κ1) is 24.2. The van der Waals surface area contributed by atoms with Crippen LogP contribution >= 0.6 is 0 Å². The van der Waals surface area contributed by atoms with Crippen molar-refractivity contribution >= 4 is 34.3 Å². The van der Waals surface area contributed by atoms with Crippen molar-refractivity contribution in [2.45, 2.75) is 70.5 Å². The molecule has 8 nitrogen and oxygen atoms in total. The van der Waals surface area contributed by atoms with E-state index in [1.165, 1.54) is 25.5 Å². The zero-order valence-corrected chi connectivity index (χ0v) is 20.1. The number of ether oxygens (including phenoxy) is 1. The Morgan fingerprint density at radius 3 is 2.65 bits per heavy atom. The van der Waals surface area contributed by atoms with Gasteiger partial charge in [0.15, 0.2) is 0 Å². The van der Waals surface area contributed by atoms with Crippen LogP contribution in [0.3, 0.4) is 0 Å². The maximum absolute atomic E-state index is 14.1. The highest BCUT2D eigenvalue weighted by molar-refractivity contribution is 6.14. The van der Waals surface area contributed by atoms with E-state index in [0.29, 0.717) is 30.5 Å². The normalized spacial score (nSPS) is 20.9. The number of hydrogen-bond acceptors (Lipinski definition) is 4. The Hall–Kier alpha value is -2.94. The monoisotopic (exact) mass is 472 g/mol. The zero-order chi connectivity index (χ0) is 24.5. The van der Waals surface area contributed by atoms with Crippen LogP contribution in [0, 0.1) is 5.82 Å². The summed E-state index contributed by atoms with van der Waals surface area (Å²) in [6.07, 6.45) is 5.75. The number of carbonyl (C=O) groups excluding carboxylic acids is 3. The lowest BCUT2D eigenvalue weighted by Crippen LogP contribution is -2.65. The molecule has 0 radical (unpaired) electrons. The molecular formula is C25H33FN4O4. The Morgan fingerprint density at radius 1 is 1.24 bits per heavy atom. The Labute approximate surface area is 198 Å². The molecule has 1 saturated carbocycles. The quantitative estimate of drug-likeness (QED) is 0.604. The van der Waals surface area contributed by atoms with Gasteiger partial charge in [-0.25, -0.2) is 4.39 Å². The maximum Gasteiger partial charge on any atom is 0.273 e. The lowest BCUT2D eigenvalue weighted by Gasteiger charge is -2.45. The minimum absolute atomic E-state index is 0.0980. The molecule has 1 unspecified atom stereocenters. The summed E-state index contributed by atoms with van der Waals surface area (Å²) >= 11 is 0. The van der Waals surface area contributed by atoms with E-state index in [2.05, 4.69) is 10.6 Å². The van der Waals surface area contributed by atoms with E-state index in [1.807, 2.05) is 0 Å². The first-order valence-electron chi connectivity index (χ1n) is 12.0. The second-order valence-electron chi connectivity index (χ2n) is 9.54. The summed E-state index contributed by atoms with van der Waals surface area (Å²) in [6, 6.07) is 4.32. The number of aromatic nitrogens is 1. The first-order chi connectivity index (χ1) is 16.3. The van der Waals surface area contributed by atoms with Crippen LogP contribution in [-0.2, 0) is 20.9 Å². The Balaban J connectivity index is 1.80. The average molecular weight is 473 g/mol. The van der Waals surface area contributed by atoms with Gasteiger partial charge in [0.1, 0.15) is 17.1 Å². The standard InChI is InChI=1S/C25H33FN4O4/c1-16(31)27-21-19-14-17(26)10-11-20(19)29-15-25(2,24(33)28-18-8-5-4-6-9-18)30(12-7-13-34-3)23(32)22(21)29/h10-11,14,18H,4-9,12-13,15H2,1-3H3,(H,27,31)(H,28,33). The largest absolute Gasteiger partial charge is 0.385 e. The highest BCUT2D eigenvalue weighted by atomic mass is 19.1. The molecule has 2 heterocycles. The van der Waals surface area contributed by atoms with Gasteiger partial charge in [-0.05, 0) is 44.4 Å². The van der Waals surface area contributed by atoms with Gasteiger partial charge in [0.05, 0.1) is 17.7 Å². The van der Waals surface area contributed by atoms with Gasteiger partial charge >= 0.3 is 0 Å². The van der Waals surface area contributed by atoms with Crippen molar-refractivity contribution in [2.24, 2.45) is 0 Å². The molecule has 2 aliphatic rings. The fraction of sp³-hybridized carbons (Fsp3) is 0.560. The molecule has 1 aliphatic carbocycles. The van der Waals surface area contributed by atoms with E-state index in [0.717, 1.165) is 25.7 Å². The SMILES string of the molecule is COCCCN1C(=O)c2c(NC(C)=O)c3cc(F)ccc3n2CC1(C)C(=O)NC1CCCCC1. The number of nitrogens with one attached hydrogen (secondary N) is 2. The molecule has 1 fully saturated rings. The maximum atomic E-state index is 14.1. The van der Waals surface area contributed by atoms with Gasteiger partial charge in [0.2, 0.25) is 11.8 Å². The van der Waals surface area contributed by atoms with Crippen molar-refractivity contribution in [1.29, 1.82) is 0 Å². The van der Waals surface area contributed by atoms with Crippen molar-refractivity contribution in [2.75, 3.05) is 25.6 Å². The Morgan fingerprint density at radius 2 is 1.97 bits per heavy atom. The number of amides is 3. The van der Waals surface area contributed by atoms with Crippen molar-refractivity contribution < 1.29 is 23.5 Å². The molecule has 1 aliphatic heterocycles. The van der Waals surface area contributed by atoms with Crippen LogP contribution < -0.4 is 10.6 Å². The number of nitrogens with zero attached hydrogens (tertiary/aromatic N) is 2. The number of carbonyl (C=O) groups is 3. The molecule has 9 heteroatoms. The highest BCUT2D eigenvalue weighted by Crippen LogP contribution is 2.39. The summed E-state index contributed by atoms with van der Waals surface area (Å²) < 4.78 is 21.1. The molecule has 1 atom stereocenters. The molecule has 0 spiro atoms. The molecule has 2 N–H and O–H groups in total. The summed E-state index contributed by atoms with van der Waals surface area (Å²) in [4.78, 5) is 41.1. The molecule has 4 rings (SSSR count). The number of methoxy groups -OCH3 is 1. The number of rotatable bonds is 7. The van der Waals surface area contributed by atoms with E-state index in [1.54, 1.807) is 29.6 Å². The van der Waals surface area contributed by atoms with Gasteiger partial charge < -0.3 is 24.8 Å². The number of hydrogen-bond donors (Lipinski definition) is 2. The molecule has 184 valence electrons. The van der Waals surface area contributed by atoms with Crippen LogP contribution in [0.1, 0.15) is 62.9 Å². The molecule has 0 saturated heterocycles. The second-order valence-corrected chi connectivity index (χ2v) is 9.54. The summed E-state index contributed by atoms with van der Waals surface area (Å²) in [5.41, 5.74) is -0.0142. The predicted molar refractivity (Wildman–Crippen MR) is 127 cm³/mol. The van der Waals surface area contributed by atoms with E-state index in [9.17, 15) is 18.8 Å². The number of fused-ring (bicyclic) bond motifs is 3. The molecule has 1 aromatic heterocycles. The van der Waals surface area contributed by atoms with Gasteiger partial charge in [0, 0.05) is 38.6 Å². The van der Waals surface area contributed by atoms with Crippen molar-refractivity contribution in [3.05, 3.63) is 29.7 Å². The fourth-order valence-corrected chi connectivity index (χ4v) is 5.26.